The summed E-state index contributed by atoms with van der Waals surface area (Å²) in [5, 5.41) is 2.23. The van der Waals surface area contributed by atoms with Gasteiger partial charge in [0.1, 0.15) is 17.9 Å². The number of amides is 4. The number of carbonyl (C=O) groups is 3. The normalized spacial score (nSPS) is 15.1. The number of benzene rings is 3. The molecule has 33 heavy (non-hydrogen) atoms. The molecule has 0 aromatic heterocycles. The Balaban J connectivity index is 1.52. The Bertz CT molecular complexity index is 1290. The van der Waals surface area contributed by atoms with Crippen molar-refractivity contribution in [2.75, 3.05) is 4.90 Å². The Hall–Kier alpha value is -3.23. The molecular formula is C25H18Br2N2O4. The maximum Gasteiger partial charge on any atom is 0.335 e. The van der Waals surface area contributed by atoms with Crippen molar-refractivity contribution in [2.24, 2.45) is 0 Å². The lowest BCUT2D eigenvalue weighted by Crippen LogP contribution is -2.54. The predicted octanol–water partition coefficient (Wildman–Crippen LogP) is 5.77. The van der Waals surface area contributed by atoms with Crippen LogP contribution in [-0.4, -0.2) is 17.8 Å². The summed E-state index contributed by atoms with van der Waals surface area (Å²) in [5.41, 5.74) is 2.79. The molecule has 1 aliphatic heterocycles. The number of nitrogens with one attached hydrogen (secondary N) is 1. The average molecular weight is 570 g/mol. The fourth-order valence-electron chi connectivity index (χ4n) is 3.29. The van der Waals surface area contributed by atoms with Gasteiger partial charge in [-0.2, -0.15) is 0 Å². The SMILES string of the molecule is Cc1cccc(N2C(=O)NC(=O)/C(=C\c3ccc(OCc4ccc(Br)cc4Br)cc3)C2=O)c1. The molecule has 1 heterocycles. The minimum absolute atomic E-state index is 0.122. The van der Waals surface area contributed by atoms with Gasteiger partial charge in [-0.3, -0.25) is 14.9 Å². The third-order valence-electron chi connectivity index (χ3n) is 4.96. The molecule has 0 bridgehead atoms. The van der Waals surface area contributed by atoms with Gasteiger partial charge in [-0.1, -0.05) is 62.2 Å². The molecule has 1 aliphatic rings. The van der Waals surface area contributed by atoms with Gasteiger partial charge in [-0.05, 0) is 60.5 Å². The van der Waals surface area contributed by atoms with E-state index in [4.69, 9.17) is 4.74 Å². The van der Waals surface area contributed by atoms with Gasteiger partial charge in [-0.25, -0.2) is 9.69 Å². The highest BCUT2D eigenvalue weighted by Crippen LogP contribution is 2.25. The zero-order valence-corrected chi connectivity index (χ0v) is 20.6. The van der Waals surface area contributed by atoms with Crippen molar-refractivity contribution in [1.29, 1.82) is 0 Å². The van der Waals surface area contributed by atoms with E-state index in [2.05, 4.69) is 37.2 Å². The second kappa shape index (κ2) is 9.72. The number of barbiturate groups is 1. The number of rotatable bonds is 5. The Labute approximate surface area is 207 Å². The Morgan fingerprint density at radius 2 is 1.73 bits per heavy atom. The van der Waals surface area contributed by atoms with Crippen molar-refractivity contribution in [2.45, 2.75) is 13.5 Å². The van der Waals surface area contributed by atoms with Crippen LogP contribution in [0.5, 0.6) is 5.75 Å². The van der Waals surface area contributed by atoms with Crippen molar-refractivity contribution in [3.05, 3.63) is 97.9 Å². The molecule has 4 amide bonds. The van der Waals surface area contributed by atoms with Crippen LogP contribution in [0.3, 0.4) is 0 Å². The maximum absolute atomic E-state index is 13.0. The van der Waals surface area contributed by atoms with E-state index in [0.29, 0.717) is 23.6 Å². The van der Waals surface area contributed by atoms with E-state index in [1.165, 1.54) is 6.08 Å². The van der Waals surface area contributed by atoms with Crippen LogP contribution in [0.4, 0.5) is 10.5 Å². The fourth-order valence-corrected chi connectivity index (χ4v) is 4.45. The molecular weight excluding hydrogens is 552 g/mol. The second-order valence-electron chi connectivity index (χ2n) is 7.39. The van der Waals surface area contributed by atoms with Crippen LogP contribution in [0.1, 0.15) is 16.7 Å². The highest BCUT2D eigenvalue weighted by atomic mass is 79.9. The highest BCUT2D eigenvalue weighted by molar-refractivity contribution is 9.11. The summed E-state index contributed by atoms with van der Waals surface area (Å²) in [7, 11) is 0. The Morgan fingerprint density at radius 3 is 2.42 bits per heavy atom. The van der Waals surface area contributed by atoms with Crippen LogP contribution >= 0.6 is 31.9 Å². The topological polar surface area (TPSA) is 75.7 Å². The molecule has 3 aromatic rings. The van der Waals surface area contributed by atoms with E-state index < -0.39 is 17.8 Å². The van der Waals surface area contributed by atoms with E-state index in [0.717, 1.165) is 25.0 Å². The van der Waals surface area contributed by atoms with Gasteiger partial charge in [0.2, 0.25) is 0 Å². The van der Waals surface area contributed by atoms with Crippen LogP contribution in [0.2, 0.25) is 0 Å². The number of anilines is 1. The Morgan fingerprint density at radius 1 is 0.970 bits per heavy atom. The standard InChI is InChI=1S/C25H18Br2N2O4/c1-15-3-2-4-19(11-15)29-24(31)21(23(30)28-25(29)32)12-16-5-9-20(10-6-16)33-14-17-7-8-18(26)13-22(17)27/h2-13H,14H2,1H3,(H,28,30,32)/b21-12+. The first-order valence-corrected chi connectivity index (χ1v) is 11.6. The monoisotopic (exact) mass is 568 g/mol. The molecule has 0 aliphatic carbocycles. The summed E-state index contributed by atoms with van der Waals surface area (Å²) in [4.78, 5) is 38.6. The maximum atomic E-state index is 13.0. The number of nitrogens with zero attached hydrogens (tertiary/aromatic N) is 1. The van der Waals surface area contributed by atoms with Gasteiger partial charge in [0.25, 0.3) is 11.8 Å². The van der Waals surface area contributed by atoms with Gasteiger partial charge in [-0.15, -0.1) is 0 Å². The van der Waals surface area contributed by atoms with E-state index in [9.17, 15) is 14.4 Å². The number of ether oxygens (including phenoxy) is 1. The molecule has 1 N–H and O–H groups in total. The third kappa shape index (κ3) is 5.23. The first-order valence-electron chi connectivity index (χ1n) is 9.97. The highest BCUT2D eigenvalue weighted by Gasteiger charge is 2.36. The summed E-state index contributed by atoms with van der Waals surface area (Å²) in [5.74, 6) is -0.757. The van der Waals surface area contributed by atoms with Gasteiger partial charge >= 0.3 is 6.03 Å². The summed E-state index contributed by atoms with van der Waals surface area (Å²) in [6, 6.07) is 19.0. The summed E-state index contributed by atoms with van der Waals surface area (Å²) >= 11 is 6.94. The van der Waals surface area contributed by atoms with Crippen LogP contribution in [-0.2, 0) is 16.2 Å². The molecule has 0 unspecified atom stereocenters. The minimum Gasteiger partial charge on any atom is -0.489 e. The van der Waals surface area contributed by atoms with Crippen molar-refractivity contribution in [1.82, 2.24) is 5.32 Å². The number of imide groups is 2. The summed E-state index contributed by atoms with van der Waals surface area (Å²) in [6.45, 7) is 2.24. The molecule has 3 aromatic carbocycles. The van der Waals surface area contributed by atoms with Crippen molar-refractivity contribution < 1.29 is 19.1 Å². The zero-order valence-electron chi connectivity index (χ0n) is 17.5. The number of urea groups is 1. The molecule has 8 heteroatoms. The molecule has 1 saturated heterocycles. The molecule has 4 rings (SSSR count). The van der Waals surface area contributed by atoms with Gasteiger partial charge in [0.05, 0.1) is 5.69 Å². The van der Waals surface area contributed by atoms with Crippen LogP contribution < -0.4 is 15.0 Å². The van der Waals surface area contributed by atoms with E-state index in [1.807, 2.05) is 31.2 Å². The summed E-state index contributed by atoms with van der Waals surface area (Å²) in [6.07, 6.45) is 1.46. The largest absolute Gasteiger partial charge is 0.489 e. The lowest BCUT2D eigenvalue weighted by atomic mass is 10.1. The molecule has 0 spiro atoms. The van der Waals surface area contributed by atoms with Crippen LogP contribution in [0, 0.1) is 6.92 Å². The molecule has 1 fully saturated rings. The van der Waals surface area contributed by atoms with Gasteiger partial charge in [0, 0.05) is 14.5 Å². The predicted molar refractivity (Wildman–Crippen MR) is 133 cm³/mol. The van der Waals surface area contributed by atoms with Crippen molar-refractivity contribution in [3.63, 3.8) is 0 Å². The molecule has 0 atom stereocenters. The van der Waals surface area contributed by atoms with Gasteiger partial charge < -0.3 is 4.74 Å². The molecule has 0 saturated carbocycles. The van der Waals surface area contributed by atoms with E-state index in [-0.39, 0.29) is 5.57 Å². The van der Waals surface area contributed by atoms with E-state index in [1.54, 1.807) is 42.5 Å². The molecule has 166 valence electrons. The van der Waals surface area contributed by atoms with Gasteiger partial charge in [0.15, 0.2) is 0 Å². The minimum atomic E-state index is -0.768. The lowest BCUT2D eigenvalue weighted by molar-refractivity contribution is -0.122. The number of halogens is 2. The van der Waals surface area contributed by atoms with Crippen molar-refractivity contribution in [3.8, 4) is 5.75 Å². The van der Waals surface area contributed by atoms with Crippen LogP contribution in [0.25, 0.3) is 6.08 Å². The Kier molecular flexibility index (Phi) is 6.76. The number of hydrogen-bond acceptors (Lipinski definition) is 4. The zero-order chi connectivity index (χ0) is 23.5. The number of carbonyl (C=O) groups excluding carboxylic acids is 3. The fraction of sp³-hybridized carbons (Fsp3) is 0.0800. The molecule has 0 radical (unpaired) electrons. The van der Waals surface area contributed by atoms with E-state index >= 15 is 0 Å². The number of hydrogen-bond donors (Lipinski definition) is 1. The average Bonchev–Trinajstić information content (AvgIpc) is 2.77. The molecule has 6 nitrogen and oxygen atoms in total. The smallest absolute Gasteiger partial charge is 0.335 e. The quantitative estimate of drug-likeness (QED) is 0.313. The first kappa shape index (κ1) is 22.9. The summed E-state index contributed by atoms with van der Waals surface area (Å²) < 4.78 is 7.74. The third-order valence-corrected chi connectivity index (χ3v) is 6.19. The lowest BCUT2D eigenvalue weighted by Gasteiger charge is -2.26. The van der Waals surface area contributed by atoms with Crippen molar-refractivity contribution >= 4 is 61.5 Å². The second-order valence-corrected chi connectivity index (χ2v) is 9.16. The first-order chi connectivity index (χ1) is 15.8. The number of aryl methyl sites for hydroxylation is 1. The van der Waals surface area contributed by atoms with Crippen LogP contribution in [0.15, 0.2) is 81.2 Å².